The van der Waals surface area contributed by atoms with Gasteiger partial charge in [-0.05, 0) is 23.8 Å². The lowest BCUT2D eigenvalue weighted by Crippen LogP contribution is -2.35. The van der Waals surface area contributed by atoms with Gasteiger partial charge < -0.3 is 21.2 Å². The summed E-state index contributed by atoms with van der Waals surface area (Å²) in [5.74, 6) is -1.81. The number of amides is 1. The predicted molar refractivity (Wildman–Crippen MR) is 115 cm³/mol. The zero-order valence-electron chi connectivity index (χ0n) is 16.8. The summed E-state index contributed by atoms with van der Waals surface area (Å²) in [4.78, 5) is 18.2. The zero-order valence-corrected chi connectivity index (χ0v) is 16.8. The summed E-state index contributed by atoms with van der Waals surface area (Å²) in [6, 6.07) is 4.66. The van der Waals surface area contributed by atoms with E-state index in [4.69, 9.17) is 15.9 Å². The van der Waals surface area contributed by atoms with E-state index in [2.05, 4.69) is 15.2 Å². The number of carbonyl (C=O) groups is 1. The first-order valence-corrected chi connectivity index (χ1v) is 9.65. The highest BCUT2D eigenvalue weighted by Gasteiger charge is 2.13. The van der Waals surface area contributed by atoms with Crippen LogP contribution in [-0.2, 0) is 16.1 Å². The maximum absolute atomic E-state index is 14.5. The van der Waals surface area contributed by atoms with E-state index >= 15 is 0 Å². The fraction of sp³-hybridized carbons (Fsp3) is 0.227. The van der Waals surface area contributed by atoms with Crippen molar-refractivity contribution in [1.82, 2.24) is 9.88 Å². The molecule has 162 valence electrons. The second-order valence-electron chi connectivity index (χ2n) is 6.88. The first kappa shape index (κ1) is 22.3. The number of allylic oxidation sites excluding steroid dienone is 1. The first-order valence-electron chi connectivity index (χ1n) is 9.65. The van der Waals surface area contributed by atoms with Crippen LogP contribution >= 0.6 is 0 Å². The molecule has 1 saturated heterocycles. The molecule has 1 aliphatic heterocycles. The Balaban J connectivity index is 1.69. The highest BCUT2D eigenvalue weighted by atomic mass is 19.1. The van der Waals surface area contributed by atoms with Crippen LogP contribution in [0, 0.1) is 17.0 Å². The second kappa shape index (κ2) is 10.6. The molecular weight excluding hydrogens is 404 g/mol. The molecule has 0 saturated carbocycles. The molecule has 0 unspecified atom stereocenters. The number of hydrogen-bond donors (Lipinski definition) is 3. The Morgan fingerprint density at radius 2 is 2.03 bits per heavy atom. The molecule has 31 heavy (non-hydrogen) atoms. The molecule has 1 fully saturated rings. The van der Waals surface area contributed by atoms with Gasteiger partial charge in [0.05, 0.1) is 25.1 Å². The van der Waals surface area contributed by atoms with Crippen molar-refractivity contribution < 1.29 is 18.3 Å². The summed E-state index contributed by atoms with van der Waals surface area (Å²) in [5, 5.41) is 9.83. The Morgan fingerprint density at radius 3 is 2.71 bits per heavy atom. The van der Waals surface area contributed by atoms with Crippen LogP contribution in [0.4, 0.5) is 14.5 Å². The maximum Gasteiger partial charge on any atom is 0.248 e. The molecular formula is C22H23F2N5O2. The Hall–Kier alpha value is -3.43. The molecule has 3 rings (SSSR count). The number of nitrogens with one attached hydrogen (secondary N) is 2. The van der Waals surface area contributed by atoms with Gasteiger partial charge in [0, 0.05) is 61.0 Å². The van der Waals surface area contributed by atoms with E-state index in [1.54, 1.807) is 6.07 Å². The Kier molecular flexibility index (Phi) is 7.58. The van der Waals surface area contributed by atoms with Gasteiger partial charge in [-0.15, -0.1) is 0 Å². The predicted octanol–water partition coefficient (Wildman–Crippen LogP) is 2.79. The number of ether oxygens (including phenoxy) is 1. The van der Waals surface area contributed by atoms with Crippen molar-refractivity contribution >= 4 is 29.5 Å². The number of nitrogens with zero attached hydrogens (tertiary/aromatic N) is 2. The molecule has 0 bridgehead atoms. The van der Waals surface area contributed by atoms with Crippen molar-refractivity contribution in [3.05, 3.63) is 71.2 Å². The average molecular weight is 427 g/mol. The van der Waals surface area contributed by atoms with E-state index in [9.17, 15) is 13.6 Å². The minimum absolute atomic E-state index is 0.0417. The molecule has 1 amide bonds. The van der Waals surface area contributed by atoms with Crippen LogP contribution in [0.5, 0.6) is 0 Å². The normalized spacial score (nSPS) is 15.2. The minimum atomic E-state index is -0.676. The van der Waals surface area contributed by atoms with E-state index in [0.717, 1.165) is 43.3 Å². The van der Waals surface area contributed by atoms with Gasteiger partial charge in [0.15, 0.2) is 0 Å². The topological polar surface area (TPSA) is 104 Å². The van der Waals surface area contributed by atoms with Crippen LogP contribution in [0.2, 0.25) is 0 Å². The van der Waals surface area contributed by atoms with Gasteiger partial charge >= 0.3 is 0 Å². The minimum Gasteiger partial charge on any atom is -0.404 e. The number of carbonyl (C=O) groups excluding carboxylic acids is 1. The number of pyridine rings is 1. The van der Waals surface area contributed by atoms with Gasteiger partial charge in [0.25, 0.3) is 0 Å². The van der Waals surface area contributed by atoms with E-state index in [-0.39, 0.29) is 22.4 Å². The van der Waals surface area contributed by atoms with Gasteiger partial charge in [-0.25, -0.2) is 8.78 Å². The zero-order chi connectivity index (χ0) is 22.2. The largest absolute Gasteiger partial charge is 0.404 e. The maximum atomic E-state index is 14.5. The lowest BCUT2D eigenvalue weighted by molar-refractivity contribution is -0.111. The number of aromatic nitrogens is 1. The number of morpholine rings is 1. The van der Waals surface area contributed by atoms with Crippen LogP contribution in [0.3, 0.4) is 0 Å². The standard InChI is InChI=1S/C22H23F2N5O2/c23-18-9-15(14-29-5-7-31-8-6-29)1-3-20(18)28-21(30)4-2-16-12-27-13-19(24)22(16)17(10-25)11-26/h1-4,9-13,25H,5-8,14,26H2,(H,28,30)/b4-2+,17-11?,25-10?. The van der Waals surface area contributed by atoms with Gasteiger partial charge in [0.2, 0.25) is 5.91 Å². The van der Waals surface area contributed by atoms with Crippen molar-refractivity contribution in [3.63, 3.8) is 0 Å². The van der Waals surface area contributed by atoms with Crippen LogP contribution in [0.1, 0.15) is 16.7 Å². The molecule has 4 N–H and O–H groups in total. The van der Waals surface area contributed by atoms with Crippen molar-refractivity contribution in [2.45, 2.75) is 6.54 Å². The first-order chi connectivity index (χ1) is 15.0. The van der Waals surface area contributed by atoms with Crippen molar-refractivity contribution in [2.75, 3.05) is 31.6 Å². The fourth-order valence-electron chi connectivity index (χ4n) is 3.20. The average Bonchev–Trinajstić information content (AvgIpc) is 2.77. The third-order valence-electron chi connectivity index (χ3n) is 4.77. The van der Waals surface area contributed by atoms with Gasteiger partial charge in [-0.2, -0.15) is 0 Å². The van der Waals surface area contributed by atoms with Crippen molar-refractivity contribution in [2.24, 2.45) is 5.73 Å². The van der Waals surface area contributed by atoms with E-state index in [1.807, 2.05) is 0 Å². The molecule has 0 spiro atoms. The van der Waals surface area contributed by atoms with Gasteiger partial charge in [-0.3, -0.25) is 14.7 Å². The quantitative estimate of drug-likeness (QED) is 0.466. The number of anilines is 1. The van der Waals surface area contributed by atoms with Crippen LogP contribution in [0.15, 0.2) is 42.9 Å². The summed E-state index contributed by atoms with van der Waals surface area (Å²) in [6.45, 7) is 3.51. The summed E-state index contributed by atoms with van der Waals surface area (Å²) in [6.07, 6.45) is 6.81. The lowest BCUT2D eigenvalue weighted by Gasteiger charge is -2.26. The van der Waals surface area contributed by atoms with E-state index in [1.165, 1.54) is 24.4 Å². The smallest absolute Gasteiger partial charge is 0.248 e. The monoisotopic (exact) mass is 427 g/mol. The Bertz CT molecular complexity index is 1020. The van der Waals surface area contributed by atoms with Crippen LogP contribution < -0.4 is 11.1 Å². The summed E-state index contributed by atoms with van der Waals surface area (Å²) in [7, 11) is 0. The molecule has 1 aliphatic rings. The molecule has 7 nitrogen and oxygen atoms in total. The van der Waals surface area contributed by atoms with Crippen LogP contribution in [0.25, 0.3) is 11.6 Å². The third-order valence-corrected chi connectivity index (χ3v) is 4.77. The fourth-order valence-corrected chi connectivity index (χ4v) is 3.20. The molecule has 1 aromatic heterocycles. The molecule has 2 heterocycles. The molecule has 0 aliphatic carbocycles. The molecule has 0 radical (unpaired) electrons. The van der Waals surface area contributed by atoms with Crippen LogP contribution in [-0.4, -0.2) is 48.3 Å². The Labute approximate surface area is 178 Å². The number of nitrogens with two attached hydrogens (primary N) is 1. The Morgan fingerprint density at radius 1 is 1.26 bits per heavy atom. The highest BCUT2D eigenvalue weighted by Crippen LogP contribution is 2.22. The summed E-state index contributed by atoms with van der Waals surface area (Å²) >= 11 is 0. The highest BCUT2D eigenvalue weighted by molar-refractivity contribution is 6.10. The summed E-state index contributed by atoms with van der Waals surface area (Å²) < 4.78 is 33.9. The number of rotatable bonds is 7. The third kappa shape index (κ3) is 5.80. The van der Waals surface area contributed by atoms with Gasteiger partial charge in [0.1, 0.15) is 11.6 Å². The molecule has 1 aromatic carbocycles. The molecule has 9 heteroatoms. The van der Waals surface area contributed by atoms with Gasteiger partial charge in [-0.1, -0.05) is 6.07 Å². The van der Waals surface area contributed by atoms with E-state index in [0.29, 0.717) is 19.8 Å². The number of halogens is 2. The lowest BCUT2D eigenvalue weighted by atomic mass is 10.0. The summed E-state index contributed by atoms with van der Waals surface area (Å²) in [5.41, 5.74) is 6.74. The number of benzene rings is 1. The second-order valence-corrected chi connectivity index (χ2v) is 6.88. The SMILES string of the molecule is N=CC(=CN)c1c(F)cncc1/C=C/C(=O)Nc1ccc(CN2CCOCC2)cc1F. The number of hydrogen-bond acceptors (Lipinski definition) is 6. The van der Waals surface area contributed by atoms with Crippen molar-refractivity contribution in [3.8, 4) is 0 Å². The van der Waals surface area contributed by atoms with E-state index < -0.39 is 17.5 Å². The molecule has 0 atom stereocenters. The molecule has 2 aromatic rings. The van der Waals surface area contributed by atoms with Crippen molar-refractivity contribution in [1.29, 1.82) is 5.41 Å².